The molecule has 0 spiro atoms. The summed E-state index contributed by atoms with van der Waals surface area (Å²) in [5.74, 6) is -0.0678. The molecule has 0 radical (unpaired) electrons. The first-order valence-corrected chi connectivity index (χ1v) is 4.59. The largest absolute Gasteiger partial charge is 0.316 e. The molecule has 0 N–H and O–H groups in total. The van der Waals surface area contributed by atoms with Crippen LogP contribution in [0.25, 0.3) is 0 Å². The van der Waals surface area contributed by atoms with Gasteiger partial charge in [-0.1, -0.05) is 12.1 Å². The lowest BCUT2D eigenvalue weighted by molar-refractivity contribution is -0.116. The summed E-state index contributed by atoms with van der Waals surface area (Å²) in [7, 11) is 3.33. The van der Waals surface area contributed by atoms with Crippen molar-refractivity contribution < 1.29 is 9.59 Å². The number of anilines is 2. The van der Waals surface area contributed by atoms with E-state index in [1.54, 1.807) is 26.2 Å². The van der Waals surface area contributed by atoms with Gasteiger partial charge in [0.2, 0.25) is 12.3 Å². The highest BCUT2D eigenvalue weighted by Crippen LogP contribution is 2.26. The molecule has 1 aromatic carbocycles. The first-order chi connectivity index (χ1) is 7.07. The topological polar surface area (TPSA) is 40.6 Å². The van der Waals surface area contributed by atoms with Crippen LogP contribution < -0.4 is 9.80 Å². The Labute approximate surface area is 89.1 Å². The van der Waals surface area contributed by atoms with Crippen LogP contribution in [0.1, 0.15) is 6.92 Å². The van der Waals surface area contributed by atoms with Crippen LogP contribution in [0.4, 0.5) is 11.4 Å². The Kier molecular flexibility index (Phi) is 3.44. The number of rotatable bonds is 3. The Balaban J connectivity index is 3.16. The van der Waals surface area contributed by atoms with E-state index in [1.165, 1.54) is 16.7 Å². The molecular formula is C11H14N2O2. The summed E-state index contributed by atoms with van der Waals surface area (Å²) in [5, 5.41) is 0. The van der Waals surface area contributed by atoms with Gasteiger partial charge >= 0.3 is 0 Å². The quantitative estimate of drug-likeness (QED) is 0.698. The molecule has 0 heterocycles. The second kappa shape index (κ2) is 4.59. The van der Waals surface area contributed by atoms with Crippen molar-refractivity contribution in [2.24, 2.45) is 0 Å². The number of carbonyl (C=O) groups excluding carboxylic acids is 2. The number of carbonyl (C=O) groups is 2. The maximum atomic E-state index is 11.2. The molecule has 0 saturated heterocycles. The van der Waals surface area contributed by atoms with Crippen LogP contribution in [-0.4, -0.2) is 26.4 Å². The molecular weight excluding hydrogens is 192 g/mol. The molecule has 80 valence electrons. The summed E-state index contributed by atoms with van der Waals surface area (Å²) < 4.78 is 0. The van der Waals surface area contributed by atoms with Crippen LogP contribution in [0.15, 0.2) is 24.3 Å². The van der Waals surface area contributed by atoms with Gasteiger partial charge in [-0.15, -0.1) is 0 Å². The maximum absolute atomic E-state index is 11.2. The SMILES string of the molecule is CC(=O)N(C)c1ccccc1N(C)C=O. The molecule has 15 heavy (non-hydrogen) atoms. The average Bonchev–Trinajstić information content (AvgIpc) is 2.27. The number of benzene rings is 1. The van der Waals surface area contributed by atoms with Crippen molar-refractivity contribution in [2.75, 3.05) is 23.9 Å². The molecule has 2 amide bonds. The van der Waals surface area contributed by atoms with E-state index in [4.69, 9.17) is 0 Å². The predicted molar refractivity (Wildman–Crippen MR) is 60.0 cm³/mol. The first kappa shape index (κ1) is 11.2. The highest BCUT2D eigenvalue weighted by molar-refractivity contribution is 5.96. The summed E-state index contributed by atoms with van der Waals surface area (Å²) in [4.78, 5) is 24.8. The molecule has 0 aromatic heterocycles. The number of hydrogen-bond donors (Lipinski definition) is 0. The third-order valence-electron chi connectivity index (χ3n) is 2.25. The standard InChI is InChI=1S/C11H14N2O2/c1-9(15)13(3)11-7-5-4-6-10(11)12(2)8-14/h4-8H,1-3H3. The number of nitrogens with zero attached hydrogens (tertiary/aromatic N) is 2. The zero-order valence-electron chi connectivity index (χ0n) is 9.10. The maximum Gasteiger partial charge on any atom is 0.223 e. The summed E-state index contributed by atoms with van der Waals surface area (Å²) >= 11 is 0. The van der Waals surface area contributed by atoms with Gasteiger partial charge in [0.1, 0.15) is 0 Å². The molecule has 4 heteroatoms. The smallest absolute Gasteiger partial charge is 0.223 e. The van der Waals surface area contributed by atoms with Crippen LogP contribution in [0.2, 0.25) is 0 Å². The fourth-order valence-corrected chi connectivity index (χ4v) is 1.27. The van der Waals surface area contributed by atoms with E-state index < -0.39 is 0 Å². The van der Waals surface area contributed by atoms with Crippen molar-refractivity contribution in [1.82, 2.24) is 0 Å². The van der Waals surface area contributed by atoms with Gasteiger partial charge in [0, 0.05) is 21.0 Å². The van der Waals surface area contributed by atoms with Crippen LogP contribution in [-0.2, 0) is 9.59 Å². The minimum absolute atomic E-state index is 0.0678. The predicted octanol–water partition coefficient (Wildman–Crippen LogP) is 1.26. The fourth-order valence-electron chi connectivity index (χ4n) is 1.27. The summed E-state index contributed by atoms with van der Waals surface area (Å²) in [6.45, 7) is 1.48. The van der Waals surface area contributed by atoms with Gasteiger partial charge in [-0.05, 0) is 12.1 Å². The van der Waals surface area contributed by atoms with E-state index in [0.717, 1.165) is 5.69 Å². The second-order valence-corrected chi connectivity index (χ2v) is 3.28. The second-order valence-electron chi connectivity index (χ2n) is 3.28. The third-order valence-corrected chi connectivity index (χ3v) is 2.25. The van der Waals surface area contributed by atoms with Crippen LogP contribution >= 0.6 is 0 Å². The Morgan fingerprint density at radius 1 is 1.20 bits per heavy atom. The van der Waals surface area contributed by atoms with E-state index in [9.17, 15) is 9.59 Å². The molecule has 1 rings (SSSR count). The van der Waals surface area contributed by atoms with Crippen molar-refractivity contribution in [2.45, 2.75) is 6.92 Å². The van der Waals surface area contributed by atoms with E-state index >= 15 is 0 Å². The van der Waals surface area contributed by atoms with Crippen molar-refractivity contribution in [3.63, 3.8) is 0 Å². The van der Waals surface area contributed by atoms with Crippen molar-refractivity contribution in [3.8, 4) is 0 Å². The van der Waals surface area contributed by atoms with E-state index in [1.807, 2.05) is 12.1 Å². The summed E-state index contributed by atoms with van der Waals surface area (Å²) in [5.41, 5.74) is 1.44. The number of hydrogen-bond acceptors (Lipinski definition) is 2. The zero-order chi connectivity index (χ0) is 11.4. The Morgan fingerprint density at radius 2 is 1.73 bits per heavy atom. The Bertz CT molecular complexity index is 377. The van der Waals surface area contributed by atoms with E-state index in [-0.39, 0.29) is 5.91 Å². The lowest BCUT2D eigenvalue weighted by Gasteiger charge is -2.22. The molecule has 1 aromatic rings. The van der Waals surface area contributed by atoms with Crippen molar-refractivity contribution in [1.29, 1.82) is 0 Å². The monoisotopic (exact) mass is 206 g/mol. The highest BCUT2D eigenvalue weighted by Gasteiger charge is 2.12. The van der Waals surface area contributed by atoms with E-state index in [0.29, 0.717) is 12.1 Å². The lowest BCUT2D eigenvalue weighted by atomic mass is 10.2. The molecule has 0 bridgehead atoms. The van der Waals surface area contributed by atoms with Gasteiger partial charge in [-0.3, -0.25) is 9.59 Å². The Hall–Kier alpha value is -1.84. The average molecular weight is 206 g/mol. The third kappa shape index (κ3) is 2.34. The fraction of sp³-hybridized carbons (Fsp3) is 0.273. The number of para-hydroxylation sites is 2. The highest BCUT2D eigenvalue weighted by atomic mass is 16.2. The normalized spacial score (nSPS) is 9.53. The van der Waals surface area contributed by atoms with Gasteiger partial charge in [-0.2, -0.15) is 0 Å². The molecule has 0 unspecified atom stereocenters. The van der Waals surface area contributed by atoms with E-state index in [2.05, 4.69) is 0 Å². The van der Waals surface area contributed by atoms with Crippen LogP contribution in [0.5, 0.6) is 0 Å². The van der Waals surface area contributed by atoms with Gasteiger partial charge in [0.25, 0.3) is 0 Å². The van der Waals surface area contributed by atoms with Crippen molar-refractivity contribution >= 4 is 23.7 Å². The van der Waals surface area contributed by atoms with Crippen LogP contribution in [0.3, 0.4) is 0 Å². The first-order valence-electron chi connectivity index (χ1n) is 4.59. The van der Waals surface area contributed by atoms with Gasteiger partial charge in [-0.25, -0.2) is 0 Å². The lowest BCUT2D eigenvalue weighted by Crippen LogP contribution is -2.26. The van der Waals surface area contributed by atoms with Crippen LogP contribution in [0, 0.1) is 0 Å². The summed E-state index contributed by atoms with van der Waals surface area (Å²) in [6, 6.07) is 7.25. The minimum Gasteiger partial charge on any atom is -0.316 e. The van der Waals surface area contributed by atoms with Gasteiger partial charge < -0.3 is 9.80 Å². The minimum atomic E-state index is -0.0678. The molecule has 0 atom stereocenters. The molecule has 0 aliphatic rings. The molecule has 0 aliphatic carbocycles. The van der Waals surface area contributed by atoms with Crippen molar-refractivity contribution in [3.05, 3.63) is 24.3 Å². The molecule has 4 nitrogen and oxygen atoms in total. The molecule has 0 fully saturated rings. The Morgan fingerprint density at radius 3 is 2.20 bits per heavy atom. The molecule has 0 saturated carbocycles. The zero-order valence-corrected chi connectivity index (χ0v) is 9.10. The molecule has 0 aliphatic heterocycles. The summed E-state index contributed by atoms with van der Waals surface area (Å²) in [6.07, 6.45) is 0.715. The number of amides is 2. The van der Waals surface area contributed by atoms with Gasteiger partial charge in [0.15, 0.2) is 0 Å². The van der Waals surface area contributed by atoms with Gasteiger partial charge in [0.05, 0.1) is 11.4 Å².